The summed E-state index contributed by atoms with van der Waals surface area (Å²) in [6.45, 7) is 3.34. The Morgan fingerprint density at radius 2 is 1.91 bits per heavy atom. The van der Waals surface area contributed by atoms with Crippen LogP contribution in [-0.4, -0.2) is 48.4 Å². The van der Waals surface area contributed by atoms with Gasteiger partial charge in [0.05, 0.1) is 0 Å². The first-order valence-corrected chi connectivity index (χ1v) is 7.88. The molecule has 1 atom stereocenters. The van der Waals surface area contributed by atoms with Crippen LogP contribution >= 0.6 is 0 Å². The van der Waals surface area contributed by atoms with E-state index < -0.39 is 0 Å². The standard InChI is InChI=1S/C17H25N3O2/c1-4-13-7-9-14(10-8-13)12-19(3)16(21)15-6-5-11-20(15)17(22)18-2/h7-10,15H,4-6,11-12H2,1-3H3,(H,18,22). The predicted octanol–water partition coefficient (Wildman–Crippen LogP) is 2.01. The zero-order valence-corrected chi connectivity index (χ0v) is 13.6. The maximum Gasteiger partial charge on any atom is 0.317 e. The van der Waals surface area contributed by atoms with Crippen molar-refractivity contribution in [3.63, 3.8) is 0 Å². The molecule has 5 nitrogen and oxygen atoms in total. The number of rotatable bonds is 4. The second kappa shape index (κ2) is 7.29. The quantitative estimate of drug-likeness (QED) is 0.925. The van der Waals surface area contributed by atoms with Gasteiger partial charge in [0.2, 0.25) is 5.91 Å². The fraction of sp³-hybridized carbons (Fsp3) is 0.529. The van der Waals surface area contributed by atoms with E-state index in [1.807, 2.05) is 0 Å². The molecular formula is C17H25N3O2. The molecule has 2 rings (SSSR count). The fourth-order valence-corrected chi connectivity index (χ4v) is 2.90. The van der Waals surface area contributed by atoms with Gasteiger partial charge in [0.25, 0.3) is 0 Å². The van der Waals surface area contributed by atoms with Crippen LogP contribution in [0.3, 0.4) is 0 Å². The van der Waals surface area contributed by atoms with Crippen LogP contribution in [0.4, 0.5) is 4.79 Å². The van der Waals surface area contributed by atoms with Crippen LogP contribution in [0.1, 0.15) is 30.9 Å². The van der Waals surface area contributed by atoms with E-state index in [2.05, 4.69) is 36.5 Å². The highest BCUT2D eigenvalue weighted by atomic mass is 16.2. The highest BCUT2D eigenvalue weighted by molar-refractivity contribution is 5.87. The topological polar surface area (TPSA) is 52.7 Å². The monoisotopic (exact) mass is 303 g/mol. The van der Waals surface area contributed by atoms with E-state index in [9.17, 15) is 9.59 Å². The molecule has 1 unspecified atom stereocenters. The van der Waals surface area contributed by atoms with Crippen molar-refractivity contribution in [1.29, 1.82) is 0 Å². The van der Waals surface area contributed by atoms with Crippen molar-refractivity contribution in [1.82, 2.24) is 15.1 Å². The zero-order chi connectivity index (χ0) is 16.1. The molecule has 22 heavy (non-hydrogen) atoms. The molecule has 1 fully saturated rings. The Bertz CT molecular complexity index is 527. The summed E-state index contributed by atoms with van der Waals surface area (Å²) in [4.78, 5) is 27.8. The minimum absolute atomic E-state index is 0.0145. The normalized spacial score (nSPS) is 17.4. The molecule has 0 bridgehead atoms. The van der Waals surface area contributed by atoms with Crippen molar-refractivity contribution in [3.05, 3.63) is 35.4 Å². The van der Waals surface area contributed by atoms with E-state index >= 15 is 0 Å². The minimum atomic E-state index is -0.333. The minimum Gasteiger partial charge on any atom is -0.341 e. The zero-order valence-electron chi connectivity index (χ0n) is 13.6. The number of hydrogen-bond donors (Lipinski definition) is 1. The summed E-state index contributed by atoms with van der Waals surface area (Å²) in [5.41, 5.74) is 2.40. The first kappa shape index (κ1) is 16.3. The van der Waals surface area contributed by atoms with Crippen LogP contribution in [0.15, 0.2) is 24.3 Å². The van der Waals surface area contributed by atoms with Crippen molar-refractivity contribution in [2.45, 2.75) is 38.8 Å². The van der Waals surface area contributed by atoms with Crippen LogP contribution in [0.2, 0.25) is 0 Å². The number of aryl methyl sites for hydroxylation is 1. The number of nitrogens with one attached hydrogen (secondary N) is 1. The largest absolute Gasteiger partial charge is 0.341 e. The molecular weight excluding hydrogens is 278 g/mol. The molecule has 1 aromatic rings. The number of nitrogens with zero attached hydrogens (tertiary/aromatic N) is 2. The van der Waals surface area contributed by atoms with Crippen LogP contribution in [0.5, 0.6) is 0 Å². The molecule has 120 valence electrons. The highest BCUT2D eigenvalue weighted by Crippen LogP contribution is 2.20. The summed E-state index contributed by atoms with van der Waals surface area (Å²) in [6.07, 6.45) is 2.63. The summed E-state index contributed by atoms with van der Waals surface area (Å²) in [6, 6.07) is 7.82. The number of carbonyl (C=O) groups is 2. The third-order valence-electron chi connectivity index (χ3n) is 4.24. The van der Waals surface area contributed by atoms with Crippen LogP contribution < -0.4 is 5.32 Å². The Balaban J connectivity index is 2.00. The Morgan fingerprint density at radius 3 is 2.50 bits per heavy atom. The van der Waals surface area contributed by atoms with Gasteiger partial charge in [-0.05, 0) is 30.4 Å². The van der Waals surface area contributed by atoms with Gasteiger partial charge in [0, 0.05) is 27.2 Å². The molecule has 0 aliphatic carbocycles. The van der Waals surface area contributed by atoms with Gasteiger partial charge >= 0.3 is 6.03 Å². The van der Waals surface area contributed by atoms with E-state index in [4.69, 9.17) is 0 Å². The van der Waals surface area contributed by atoms with Crippen LogP contribution in [-0.2, 0) is 17.8 Å². The molecule has 0 radical (unpaired) electrons. The van der Waals surface area contributed by atoms with E-state index in [1.165, 1.54) is 5.56 Å². The fourth-order valence-electron chi connectivity index (χ4n) is 2.90. The van der Waals surface area contributed by atoms with Crippen LogP contribution in [0, 0.1) is 0 Å². The van der Waals surface area contributed by atoms with Crippen LogP contribution in [0.25, 0.3) is 0 Å². The molecule has 1 N–H and O–H groups in total. The Hall–Kier alpha value is -2.04. The van der Waals surface area contributed by atoms with Crippen molar-refractivity contribution >= 4 is 11.9 Å². The number of carbonyl (C=O) groups excluding carboxylic acids is 2. The lowest BCUT2D eigenvalue weighted by molar-refractivity contribution is -0.134. The van der Waals surface area contributed by atoms with Gasteiger partial charge in [0.15, 0.2) is 0 Å². The molecule has 0 aromatic heterocycles. The molecule has 5 heteroatoms. The van der Waals surface area contributed by atoms with Gasteiger partial charge in [-0.1, -0.05) is 31.2 Å². The number of likely N-dealkylation sites (N-methyl/N-ethyl adjacent to an activating group) is 1. The number of benzene rings is 1. The molecule has 1 saturated heterocycles. The van der Waals surface area contributed by atoms with E-state index in [0.717, 1.165) is 24.8 Å². The lowest BCUT2D eigenvalue weighted by Gasteiger charge is -2.27. The lowest BCUT2D eigenvalue weighted by atomic mass is 10.1. The Labute approximate surface area is 132 Å². The van der Waals surface area contributed by atoms with Gasteiger partial charge in [-0.25, -0.2) is 4.79 Å². The van der Waals surface area contributed by atoms with Gasteiger partial charge in [-0.3, -0.25) is 4.79 Å². The predicted molar refractivity (Wildman–Crippen MR) is 86.5 cm³/mol. The first-order chi connectivity index (χ1) is 10.6. The Morgan fingerprint density at radius 1 is 1.27 bits per heavy atom. The number of likely N-dealkylation sites (tertiary alicyclic amines) is 1. The summed E-state index contributed by atoms with van der Waals surface area (Å²) in [5.74, 6) is 0.0145. The molecule has 1 aromatic carbocycles. The molecule has 0 saturated carbocycles. The smallest absolute Gasteiger partial charge is 0.317 e. The molecule has 1 aliphatic rings. The molecule has 1 aliphatic heterocycles. The maximum absolute atomic E-state index is 12.6. The van der Waals surface area contributed by atoms with Gasteiger partial charge in [-0.15, -0.1) is 0 Å². The summed E-state index contributed by atoms with van der Waals surface area (Å²) in [7, 11) is 3.40. The second-order valence-electron chi connectivity index (χ2n) is 5.77. The maximum atomic E-state index is 12.6. The summed E-state index contributed by atoms with van der Waals surface area (Å²) >= 11 is 0. The van der Waals surface area contributed by atoms with Gasteiger partial charge in [0.1, 0.15) is 6.04 Å². The first-order valence-electron chi connectivity index (χ1n) is 7.88. The highest BCUT2D eigenvalue weighted by Gasteiger charge is 2.35. The number of amides is 3. The molecule has 0 spiro atoms. The second-order valence-corrected chi connectivity index (χ2v) is 5.77. The Kier molecular flexibility index (Phi) is 5.41. The van der Waals surface area contributed by atoms with E-state index in [1.54, 1.807) is 23.9 Å². The third-order valence-corrected chi connectivity index (χ3v) is 4.24. The summed E-state index contributed by atoms with van der Waals surface area (Å²) < 4.78 is 0. The molecule has 3 amide bonds. The van der Waals surface area contributed by atoms with Crippen molar-refractivity contribution < 1.29 is 9.59 Å². The average molecular weight is 303 g/mol. The van der Waals surface area contributed by atoms with Gasteiger partial charge in [-0.2, -0.15) is 0 Å². The number of hydrogen-bond acceptors (Lipinski definition) is 2. The lowest BCUT2D eigenvalue weighted by Crippen LogP contribution is -2.49. The van der Waals surface area contributed by atoms with Gasteiger partial charge < -0.3 is 15.1 Å². The molecule has 1 heterocycles. The number of urea groups is 1. The third kappa shape index (κ3) is 3.59. The van der Waals surface area contributed by atoms with Crippen molar-refractivity contribution in [2.75, 3.05) is 20.6 Å². The van der Waals surface area contributed by atoms with E-state index in [0.29, 0.717) is 13.1 Å². The average Bonchev–Trinajstić information content (AvgIpc) is 3.03. The van der Waals surface area contributed by atoms with Crippen molar-refractivity contribution in [2.24, 2.45) is 0 Å². The van der Waals surface area contributed by atoms with Crippen molar-refractivity contribution in [3.8, 4) is 0 Å². The summed E-state index contributed by atoms with van der Waals surface area (Å²) in [5, 5.41) is 2.61. The van der Waals surface area contributed by atoms with E-state index in [-0.39, 0.29) is 18.0 Å². The SMILES string of the molecule is CCc1ccc(CN(C)C(=O)C2CCCN2C(=O)NC)cc1.